The fourth-order valence-electron chi connectivity index (χ4n) is 3.53. The maximum absolute atomic E-state index is 13.1. The van der Waals surface area contributed by atoms with Gasteiger partial charge >= 0.3 is 0 Å². The molecule has 2 heterocycles. The molecule has 0 saturated carbocycles. The van der Waals surface area contributed by atoms with Crippen molar-refractivity contribution in [3.8, 4) is 17.2 Å². The first kappa shape index (κ1) is 21.5. The van der Waals surface area contributed by atoms with Gasteiger partial charge < -0.3 is 9.15 Å². The van der Waals surface area contributed by atoms with Crippen LogP contribution in [0.5, 0.6) is 5.75 Å². The Balaban J connectivity index is 1.40. The zero-order valence-corrected chi connectivity index (χ0v) is 18.2. The molecule has 0 amide bonds. The molecular formula is C22H24FN3O4S. The van der Waals surface area contributed by atoms with Gasteiger partial charge in [-0.15, -0.1) is 0 Å². The normalized spacial score (nSPS) is 15.8. The third-order valence-corrected chi connectivity index (χ3v) is 7.30. The van der Waals surface area contributed by atoms with Crippen molar-refractivity contribution in [1.82, 2.24) is 14.2 Å². The number of methoxy groups -OCH3 is 1. The number of nitrogens with zero attached hydrogens (tertiary/aromatic N) is 3. The Hall–Kier alpha value is -2.75. The van der Waals surface area contributed by atoms with Gasteiger partial charge in [0.25, 0.3) is 0 Å². The molecule has 0 radical (unpaired) electrons. The summed E-state index contributed by atoms with van der Waals surface area (Å²) in [6.45, 7) is 4.33. The van der Waals surface area contributed by atoms with E-state index in [2.05, 4.69) is 9.88 Å². The summed E-state index contributed by atoms with van der Waals surface area (Å²) in [7, 11) is -2.01. The van der Waals surface area contributed by atoms with E-state index in [9.17, 15) is 12.8 Å². The first-order valence-corrected chi connectivity index (χ1v) is 11.4. The van der Waals surface area contributed by atoms with Gasteiger partial charge in [-0.05, 0) is 55.5 Å². The lowest BCUT2D eigenvalue weighted by atomic mass is 10.2. The van der Waals surface area contributed by atoms with E-state index >= 15 is 0 Å². The van der Waals surface area contributed by atoms with Crippen LogP contribution in [-0.2, 0) is 16.6 Å². The van der Waals surface area contributed by atoms with Crippen molar-refractivity contribution in [3.05, 3.63) is 65.8 Å². The van der Waals surface area contributed by atoms with Gasteiger partial charge in [-0.1, -0.05) is 0 Å². The number of hydrogen-bond donors (Lipinski definition) is 0. The average molecular weight is 446 g/mol. The Morgan fingerprint density at radius 2 is 1.68 bits per heavy atom. The molecule has 0 bridgehead atoms. The standard InChI is InChI=1S/C22H24FN3O4S/c1-16-21(24-22(30-16)17-3-7-19(29-2)8-4-17)15-25-11-13-26(14-12-25)31(27,28)20-9-5-18(23)6-10-20/h3-10H,11-15H2,1-2H3. The van der Waals surface area contributed by atoms with Crippen molar-refractivity contribution in [2.75, 3.05) is 33.3 Å². The Bertz CT molecular complexity index is 1140. The van der Waals surface area contributed by atoms with E-state index in [1.54, 1.807) is 7.11 Å². The zero-order chi connectivity index (χ0) is 22.0. The Morgan fingerprint density at radius 3 is 2.29 bits per heavy atom. The molecule has 0 atom stereocenters. The van der Waals surface area contributed by atoms with Crippen LogP contribution in [0.3, 0.4) is 0 Å². The SMILES string of the molecule is COc1ccc(-c2nc(CN3CCN(S(=O)(=O)c4ccc(F)cc4)CC3)c(C)o2)cc1. The van der Waals surface area contributed by atoms with Crippen molar-refractivity contribution in [2.45, 2.75) is 18.4 Å². The van der Waals surface area contributed by atoms with E-state index < -0.39 is 15.8 Å². The maximum Gasteiger partial charge on any atom is 0.243 e. The second-order valence-electron chi connectivity index (χ2n) is 7.38. The van der Waals surface area contributed by atoms with Gasteiger partial charge in [0, 0.05) is 38.3 Å². The Kier molecular flexibility index (Phi) is 6.08. The van der Waals surface area contributed by atoms with E-state index in [4.69, 9.17) is 9.15 Å². The minimum Gasteiger partial charge on any atom is -0.497 e. The molecule has 0 aliphatic carbocycles. The summed E-state index contributed by atoms with van der Waals surface area (Å²) in [6.07, 6.45) is 0. The number of rotatable bonds is 6. The van der Waals surface area contributed by atoms with Crippen LogP contribution in [0.4, 0.5) is 4.39 Å². The lowest BCUT2D eigenvalue weighted by Crippen LogP contribution is -2.48. The highest BCUT2D eigenvalue weighted by molar-refractivity contribution is 7.89. The highest BCUT2D eigenvalue weighted by atomic mass is 32.2. The van der Waals surface area contributed by atoms with Gasteiger partial charge in [0.15, 0.2) is 0 Å². The van der Waals surface area contributed by atoms with Gasteiger partial charge in [-0.3, -0.25) is 4.90 Å². The number of benzene rings is 2. The van der Waals surface area contributed by atoms with E-state index in [1.807, 2.05) is 31.2 Å². The smallest absolute Gasteiger partial charge is 0.243 e. The second kappa shape index (κ2) is 8.78. The predicted octanol–water partition coefficient (Wildman–Crippen LogP) is 3.30. The van der Waals surface area contributed by atoms with E-state index in [-0.39, 0.29) is 4.90 Å². The van der Waals surface area contributed by atoms with Gasteiger partial charge in [-0.25, -0.2) is 17.8 Å². The molecule has 2 aromatic carbocycles. The van der Waals surface area contributed by atoms with E-state index in [0.29, 0.717) is 38.6 Å². The van der Waals surface area contributed by atoms with Crippen LogP contribution < -0.4 is 4.74 Å². The molecule has 0 unspecified atom stereocenters. The molecular weight excluding hydrogens is 421 g/mol. The average Bonchev–Trinajstić information content (AvgIpc) is 3.14. The molecule has 3 aromatic rings. The van der Waals surface area contributed by atoms with Crippen molar-refractivity contribution in [2.24, 2.45) is 0 Å². The summed E-state index contributed by atoms with van der Waals surface area (Å²) in [5.41, 5.74) is 1.70. The Labute approximate surface area is 181 Å². The summed E-state index contributed by atoms with van der Waals surface area (Å²) in [5.74, 6) is 1.60. The van der Waals surface area contributed by atoms with Gasteiger partial charge in [0.1, 0.15) is 17.3 Å². The molecule has 4 rings (SSSR count). The topological polar surface area (TPSA) is 75.9 Å². The quantitative estimate of drug-likeness (QED) is 0.580. The number of piperazine rings is 1. The van der Waals surface area contributed by atoms with Crippen LogP contribution in [-0.4, -0.2) is 55.9 Å². The molecule has 9 heteroatoms. The number of halogens is 1. The largest absolute Gasteiger partial charge is 0.497 e. The number of aryl methyl sites for hydroxylation is 1. The first-order valence-electron chi connectivity index (χ1n) is 9.95. The van der Waals surface area contributed by atoms with Crippen LogP contribution in [0.2, 0.25) is 0 Å². The number of ether oxygens (including phenoxy) is 1. The molecule has 7 nitrogen and oxygen atoms in total. The lowest BCUT2D eigenvalue weighted by molar-refractivity contribution is 0.179. The molecule has 1 aromatic heterocycles. The highest BCUT2D eigenvalue weighted by Crippen LogP contribution is 2.25. The summed E-state index contributed by atoms with van der Waals surface area (Å²) in [6, 6.07) is 12.4. The van der Waals surface area contributed by atoms with Crippen molar-refractivity contribution in [1.29, 1.82) is 0 Å². The molecule has 0 N–H and O–H groups in total. The third kappa shape index (κ3) is 4.63. The number of sulfonamides is 1. The summed E-state index contributed by atoms with van der Waals surface area (Å²) in [4.78, 5) is 6.90. The molecule has 1 saturated heterocycles. The lowest BCUT2D eigenvalue weighted by Gasteiger charge is -2.33. The first-order chi connectivity index (χ1) is 14.9. The third-order valence-electron chi connectivity index (χ3n) is 5.39. The van der Waals surface area contributed by atoms with Crippen LogP contribution in [0.1, 0.15) is 11.5 Å². The molecule has 1 fully saturated rings. The molecule has 1 aliphatic rings. The zero-order valence-electron chi connectivity index (χ0n) is 17.4. The molecule has 0 spiro atoms. The maximum atomic E-state index is 13.1. The molecule has 164 valence electrons. The minimum absolute atomic E-state index is 0.110. The van der Waals surface area contributed by atoms with Crippen LogP contribution >= 0.6 is 0 Å². The minimum atomic E-state index is -3.63. The van der Waals surface area contributed by atoms with Crippen molar-refractivity contribution in [3.63, 3.8) is 0 Å². The molecule has 1 aliphatic heterocycles. The van der Waals surface area contributed by atoms with Crippen molar-refractivity contribution >= 4 is 10.0 Å². The second-order valence-corrected chi connectivity index (χ2v) is 9.32. The highest BCUT2D eigenvalue weighted by Gasteiger charge is 2.29. The predicted molar refractivity (Wildman–Crippen MR) is 114 cm³/mol. The molecule has 31 heavy (non-hydrogen) atoms. The summed E-state index contributed by atoms with van der Waals surface area (Å²) in [5, 5.41) is 0. The monoisotopic (exact) mass is 445 g/mol. The van der Waals surface area contributed by atoms with E-state index in [0.717, 1.165) is 34.9 Å². The van der Waals surface area contributed by atoms with Gasteiger partial charge in [0.2, 0.25) is 15.9 Å². The van der Waals surface area contributed by atoms with E-state index in [1.165, 1.54) is 16.4 Å². The fourth-order valence-corrected chi connectivity index (χ4v) is 4.95. The summed E-state index contributed by atoms with van der Waals surface area (Å²) < 4.78 is 51.1. The number of hydrogen-bond acceptors (Lipinski definition) is 6. The number of oxazole rings is 1. The fraction of sp³-hybridized carbons (Fsp3) is 0.318. The summed E-state index contributed by atoms with van der Waals surface area (Å²) >= 11 is 0. The van der Waals surface area contributed by atoms with Gasteiger partial charge in [-0.2, -0.15) is 4.31 Å². The van der Waals surface area contributed by atoms with Crippen LogP contribution in [0.25, 0.3) is 11.5 Å². The van der Waals surface area contributed by atoms with Crippen molar-refractivity contribution < 1.29 is 22.0 Å². The Morgan fingerprint density at radius 1 is 1.03 bits per heavy atom. The van der Waals surface area contributed by atoms with Gasteiger partial charge in [0.05, 0.1) is 17.7 Å². The number of aromatic nitrogens is 1. The van der Waals surface area contributed by atoms with Crippen LogP contribution in [0, 0.1) is 12.7 Å². The van der Waals surface area contributed by atoms with Crippen LogP contribution in [0.15, 0.2) is 57.8 Å².